The number of aromatic amines is 1. The number of anilines is 1. The number of nitrogens with zero attached hydrogens (tertiary/aromatic N) is 6. The normalized spacial score (nSPS) is 22.6. The number of benzene rings is 2. The van der Waals surface area contributed by atoms with Crippen LogP contribution in [-0.4, -0.2) is 131 Å². The molecule has 0 radical (unpaired) electrons. The summed E-state index contributed by atoms with van der Waals surface area (Å²) >= 11 is 0. The molecule has 3 unspecified atom stereocenters. The van der Waals surface area contributed by atoms with Crippen LogP contribution in [0.2, 0.25) is 0 Å². The van der Waals surface area contributed by atoms with Crippen molar-refractivity contribution in [2.45, 2.75) is 109 Å². The molecular weight excluding hydrogens is 840 g/mol. The summed E-state index contributed by atoms with van der Waals surface area (Å²) in [5.74, 6) is 0.768. The minimum absolute atomic E-state index is 0.0114. The first-order valence-corrected chi connectivity index (χ1v) is 22.2. The average Bonchev–Trinajstić information content (AvgIpc) is 3.87. The topological polar surface area (TPSA) is 144 Å². The van der Waals surface area contributed by atoms with Gasteiger partial charge in [0.2, 0.25) is 6.29 Å². The van der Waals surface area contributed by atoms with E-state index in [0.29, 0.717) is 25.0 Å². The largest absolute Gasteiger partial charge is 0.508 e. The van der Waals surface area contributed by atoms with E-state index in [1.54, 1.807) is 11.8 Å². The van der Waals surface area contributed by atoms with Gasteiger partial charge < -0.3 is 29.3 Å². The quantitative estimate of drug-likeness (QED) is 0.0695. The van der Waals surface area contributed by atoms with Gasteiger partial charge in [-0.2, -0.15) is 4.98 Å². The highest BCUT2D eigenvalue weighted by molar-refractivity contribution is 6.03. The molecular formula is C49H60F3N7O6. The van der Waals surface area contributed by atoms with Gasteiger partial charge in [-0.25, -0.2) is 22.8 Å². The zero-order chi connectivity index (χ0) is 47.2. The lowest BCUT2D eigenvalue weighted by atomic mass is 9.96. The van der Waals surface area contributed by atoms with E-state index < -0.39 is 35.9 Å². The van der Waals surface area contributed by atoms with Gasteiger partial charge in [-0.15, -0.1) is 6.42 Å². The number of fused-ring (bicyclic) bond motifs is 5. The van der Waals surface area contributed by atoms with Gasteiger partial charge in [0.25, 0.3) is 0 Å². The molecule has 8 rings (SSSR count). The fourth-order valence-electron chi connectivity index (χ4n) is 9.42. The van der Waals surface area contributed by atoms with Gasteiger partial charge in [0.15, 0.2) is 5.82 Å². The van der Waals surface area contributed by atoms with Gasteiger partial charge in [-0.3, -0.25) is 19.7 Å². The van der Waals surface area contributed by atoms with E-state index in [4.69, 9.17) is 15.9 Å². The summed E-state index contributed by atoms with van der Waals surface area (Å²) in [4.78, 5) is 54.9. The molecule has 13 nitrogen and oxygen atoms in total. The number of carbonyl (C=O) groups excluding carboxylic acids is 2. The first-order valence-electron chi connectivity index (χ1n) is 22.2. The molecule has 348 valence electrons. The SMILES string of the molecule is C#Cc1c(F)ccc2cc(O)cc(-c3ncc4c(N5CC6CCC(C5)N6C(=O)OC(C)OC)nc(=O)[nH]c4c3F)c12.C/C=C(\C=C/CC)C[C@@H](C=O)N(C)C.C[C@@]12CCCN1C[C@H](F)C2. The van der Waals surface area contributed by atoms with E-state index in [1.165, 1.54) is 56.0 Å². The Hall–Kier alpha value is -5.76. The Kier molecular flexibility index (Phi) is 15.8. The summed E-state index contributed by atoms with van der Waals surface area (Å²) in [6, 6.07) is 4.83. The van der Waals surface area contributed by atoms with Crippen LogP contribution in [0.3, 0.4) is 0 Å². The number of H-pyrrole nitrogens is 1. The molecule has 0 aliphatic carbocycles. The predicted molar refractivity (Wildman–Crippen MR) is 246 cm³/mol. The molecule has 2 aromatic heterocycles. The zero-order valence-corrected chi connectivity index (χ0v) is 38.2. The molecule has 2 N–H and O–H groups in total. The van der Waals surface area contributed by atoms with Gasteiger partial charge in [0.1, 0.15) is 35.5 Å². The Morgan fingerprint density at radius 1 is 1.18 bits per heavy atom. The van der Waals surface area contributed by atoms with E-state index >= 15 is 4.39 Å². The van der Waals surface area contributed by atoms with Crippen LogP contribution in [0, 0.1) is 24.0 Å². The van der Waals surface area contributed by atoms with Crippen LogP contribution in [0.15, 0.2) is 59.1 Å². The second kappa shape index (κ2) is 21.0. The lowest BCUT2D eigenvalue weighted by Gasteiger charge is -2.41. The average molecular weight is 900 g/mol. The molecule has 0 saturated carbocycles. The Morgan fingerprint density at radius 2 is 1.91 bits per heavy atom. The Morgan fingerprint density at radius 3 is 2.52 bits per heavy atom. The number of rotatable bonds is 10. The molecule has 2 aromatic carbocycles. The molecule has 1 amide bonds. The van der Waals surface area contributed by atoms with Crippen molar-refractivity contribution in [3.63, 3.8) is 0 Å². The van der Waals surface area contributed by atoms with Crippen LogP contribution in [0.1, 0.15) is 78.2 Å². The number of phenols is 1. The Balaban J connectivity index is 0.000000237. The predicted octanol–water partition coefficient (Wildman–Crippen LogP) is 7.89. The number of hydrogen-bond acceptors (Lipinski definition) is 11. The van der Waals surface area contributed by atoms with E-state index in [2.05, 4.69) is 57.8 Å². The number of amides is 1. The number of aldehydes is 1. The van der Waals surface area contributed by atoms with Crippen LogP contribution in [0.4, 0.5) is 23.8 Å². The molecule has 6 atom stereocenters. The van der Waals surface area contributed by atoms with E-state index in [1.807, 2.05) is 30.8 Å². The maximum Gasteiger partial charge on any atom is 0.412 e. The fraction of sp³-hybridized carbons (Fsp3) is 0.490. The van der Waals surface area contributed by atoms with Crippen molar-refractivity contribution in [3.05, 3.63) is 81.9 Å². The van der Waals surface area contributed by atoms with Crippen LogP contribution in [-0.2, 0) is 14.3 Å². The second-order valence-corrected chi connectivity index (χ2v) is 17.5. The van der Waals surface area contributed by atoms with Crippen molar-refractivity contribution in [3.8, 4) is 29.4 Å². The van der Waals surface area contributed by atoms with Crippen molar-refractivity contribution in [2.24, 2.45) is 0 Å². The molecule has 65 heavy (non-hydrogen) atoms. The van der Waals surface area contributed by atoms with E-state index in [-0.39, 0.29) is 68.3 Å². The number of nitrogens with one attached hydrogen (secondary N) is 1. The summed E-state index contributed by atoms with van der Waals surface area (Å²) in [6.07, 6.45) is 19.0. The third kappa shape index (κ3) is 10.7. The number of hydrogen-bond donors (Lipinski definition) is 2. The first-order chi connectivity index (χ1) is 31.0. The van der Waals surface area contributed by atoms with Crippen LogP contribution >= 0.6 is 0 Å². The number of likely N-dealkylation sites (N-methyl/N-ethyl adjacent to an activating group) is 1. The molecule has 2 bridgehead atoms. The van der Waals surface area contributed by atoms with E-state index in [9.17, 15) is 28.3 Å². The summed E-state index contributed by atoms with van der Waals surface area (Å²) in [7, 11) is 5.30. The van der Waals surface area contributed by atoms with Crippen LogP contribution in [0.5, 0.6) is 5.75 Å². The number of alkyl halides is 1. The van der Waals surface area contributed by atoms with Gasteiger partial charge in [0.05, 0.1) is 34.6 Å². The Labute approximate surface area is 378 Å². The third-order valence-electron chi connectivity index (χ3n) is 12.9. The monoisotopic (exact) mass is 899 g/mol. The molecule has 4 aliphatic heterocycles. The number of carbonyl (C=O) groups is 2. The number of pyridine rings is 1. The maximum atomic E-state index is 16.2. The summed E-state index contributed by atoms with van der Waals surface area (Å²) in [6.45, 7) is 10.4. The summed E-state index contributed by atoms with van der Waals surface area (Å²) < 4.78 is 54.0. The number of aromatic hydroxyl groups is 1. The molecule has 4 aromatic rings. The van der Waals surface area contributed by atoms with Gasteiger partial charge in [0, 0.05) is 49.4 Å². The fourth-order valence-corrected chi connectivity index (χ4v) is 9.42. The summed E-state index contributed by atoms with van der Waals surface area (Å²) in [5.41, 5.74) is 0.271. The highest BCUT2D eigenvalue weighted by Gasteiger charge is 2.46. The van der Waals surface area contributed by atoms with Crippen LogP contribution in [0.25, 0.3) is 32.9 Å². The number of piperazine rings is 1. The lowest BCUT2D eigenvalue weighted by molar-refractivity contribution is -0.111. The van der Waals surface area contributed by atoms with E-state index in [0.717, 1.165) is 44.9 Å². The lowest BCUT2D eigenvalue weighted by Crippen LogP contribution is -2.56. The van der Waals surface area contributed by atoms with Gasteiger partial charge in [-0.1, -0.05) is 42.7 Å². The Bertz CT molecular complexity index is 2530. The number of allylic oxidation sites excluding steroid dienone is 3. The molecule has 0 spiro atoms. The molecule has 4 saturated heterocycles. The number of methoxy groups -OCH3 is 1. The summed E-state index contributed by atoms with van der Waals surface area (Å²) in [5, 5.41) is 11.2. The zero-order valence-electron chi connectivity index (χ0n) is 38.2. The van der Waals surface area contributed by atoms with Crippen molar-refractivity contribution >= 4 is 39.9 Å². The minimum atomic E-state index is -0.888. The smallest absolute Gasteiger partial charge is 0.412 e. The number of halogens is 3. The maximum absolute atomic E-state index is 16.2. The minimum Gasteiger partial charge on any atom is -0.508 e. The van der Waals surface area contributed by atoms with Gasteiger partial charge >= 0.3 is 11.8 Å². The van der Waals surface area contributed by atoms with Crippen molar-refractivity contribution in [2.75, 3.05) is 52.3 Å². The second-order valence-electron chi connectivity index (χ2n) is 17.5. The van der Waals surface area contributed by atoms with Crippen LogP contribution < -0.4 is 10.6 Å². The molecule has 16 heteroatoms. The highest BCUT2D eigenvalue weighted by atomic mass is 19.1. The standard InChI is InChI=1S/C29H25F2N5O5.C12H21NO.C8H14FN/c1-4-19-22(30)8-5-15-9-18(37)10-20(23(15)19)25-24(31)26-21(11-32-25)27(34-28(38)33-26)35-12-16-6-7-17(13-35)36(16)29(39)41-14(2)40-3;1-5-7-8-11(6-2)9-12(10-14)13(3)4;1-8-3-2-4-10(8)6-7(9)5-8/h1,5,8-11,14,16-17,37H,6-7,12-13H2,2-3H3,(H,33,34,38);6-8,10,12H,5,9H2,1-4H3;7H,2-6H2,1H3/b;8-7-,11-6+;/t;12-;7-,8+/m.01/s1. The number of terminal acetylenes is 1. The first kappa shape index (κ1) is 48.7. The van der Waals surface area contributed by atoms with Crippen molar-refractivity contribution in [1.82, 2.24) is 29.7 Å². The molecule has 6 heterocycles. The molecule has 4 aliphatic rings. The highest BCUT2D eigenvalue weighted by Crippen LogP contribution is 2.41. The number of phenolic OH excluding ortho intramolecular Hbond substituents is 1. The van der Waals surface area contributed by atoms with Crippen molar-refractivity contribution < 1.29 is 37.3 Å². The molecule has 4 fully saturated rings. The number of ether oxygens (including phenoxy) is 2. The van der Waals surface area contributed by atoms with Gasteiger partial charge in [-0.05, 0) is 110 Å². The third-order valence-corrected chi connectivity index (χ3v) is 12.9. The van der Waals surface area contributed by atoms with Crippen molar-refractivity contribution in [1.29, 1.82) is 0 Å². The number of aromatic nitrogens is 3.